The van der Waals surface area contributed by atoms with E-state index in [0.717, 1.165) is 0 Å². The summed E-state index contributed by atoms with van der Waals surface area (Å²) in [5, 5.41) is 0. The molecule has 0 amide bonds. The monoisotopic (exact) mass is 244 g/mol. The molecule has 1 heteroatoms. The molecule has 92 valence electrons. The van der Waals surface area contributed by atoms with Crippen LogP contribution < -0.4 is 0 Å². The second kappa shape index (κ2) is 10.6. The maximum Gasteiger partial charge on any atom is 0.252 e. The van der Waals surface area contributed by atoms with Gasteiger partial charge in [0.1, 0.15) is 0 Å². The van der Waals surface area contributed by atoms with Gasteiger partial charge in [-0.2, -0.15) is 0 Å². The second-order valence-corrected chi connectivity index (χ2v) is 6.16. The molecule has 0 aromatic rings. The molecule has 0 bridgehead atoms. The summed E-state index contributed by atoms with van der Waals surface area (Å²) < 4.78 is 1.64. The highest BCUT2D eigenvalue weighted by Crippen LogP contribution is 2.11. The summed E-state index contributed by atoms with van der Waals surface area (Å²) in [6.07, 6.45) is 26.3. The first kappa shape index (κ1) is 14.6. The second-order valence-electron chi connectivity index (χ2n) is 4.87. The summed E-state index contributed by atoms with van der Waals surface area (Å²) in [6, 6.07) is 0. The minimum absolute atomic E-state index is 1.21. The Morgan fingerprint density at radius 2 is 1.35 bits per heavy atom. The van der Waals surface area contributed by atoms with E-state index >= 15 is 0 Å². The van der Waals surface area contributed by atoms with Crippen LogP contribution in [-0.4, -0.2) is 16.3 Å². The van der Waals surface area contributed by atoms with Crippen LogP contribution in [0.25, 0.3) is 0 Å². The zero-order chi connectivity index (χ0) is 12.2. The molecule has 0 radical (unpaired) electrons. The topological polar surface area (TPSA) is 0 Å². The Morgan fingerprint density at radius 1 is 0.706 bits per heavy atom. The largest absolute Gasteiger partial charge is 0.252 e. The van der Waals surface area contributed by atoms with Gasteiger partial charge in [0.25, 0.3) is 16.3 Å². The fraction of sp³-hybridized carbons (Fsp3) is 0.500. The lowest BCUT2D eigenvalue weighted by Gasteiger charge is -2.02. The first-order valence-electron chi connectivity index (χ1n) is 7.05. The normalized spacial score (nSPS) is 28.8. The Kier molecular flexibility index (Phi) is 9.10. The average molecular weight is 244 g/mol. The van der Waals surface area contributed by atoms with Crippen molar-refractivity contribution in [1.29, 1.82) is 0 Å². The molecule has 0 saturated heterocycles. The van der Waals surface area contributed by atoms with Crippen LogP contribution in [0.2, 0.25) is 0 Å². The lowest BCUT2D eigenvalue weighted by atomic mass is 10.1. The van der Waals surface area contributed by atoms with Crippen LogP contribution in [0.3, 0.4) is 0 Å². The van der Waals surface area contributed by atoms with Crippen LogP contribution in [0.1, 0.15) is 51.4 Å². The molecule has 0 N–H and O–H groups in total. The fourth-order valence-electron chi connectivity index (χ4n) is 2.04. The van der Waals surface area contributed by atoms with Gasteiger partial charge in [-0.1, -0.05) is 74.6 Å². The van der Waals surface area contributed by atoms with Gasteiger partial charge in [-0.25, -0.2) is 0 Å². The van der Waals surface area contributed by atoms with Gasteiger partial charge in [-0.3, -0.25) is 0 Å². The lowest BCUT2D eigenvalue weighted by Crippen LogP contribution is -1.84. The summed E-state index contributed by atoms with van der Waals surface area (Å²) in [4.78, 5) is 0. The molecule has 0 spiro atoms. The van der Waals surface area contributed by atoms with E-state index in [2.05, 4.69) is 42.5 Å². The molecule has 1 aliphatic rings. The van der Waals surface area contributed by atoms with Gasteiger partial charge < -0.3 is 0 Å². The first-order chi connectivity index (χ1) is 8.39. The predicted molar refractivity (Wildman–Crippen MR) is 81.0 cm³/mol. The standard InChI is InChI=1S/C16H23.Al.2H/c1-2-4-6-8-10-12-14-16-15-13-11-9-7-5-3-1;;;/h1-7H,8,10-16H2;;;/b2-1-,5-3+,6-4+,9-7?;;;. The average Bonchev–Trinajstić information content (AvgIpc) is 2.32. The number of rotatable bonds is 0. The zero-order valence-electron chi connectivity index (χ0n) is 11.2. The summed E-state index contributed by atoms with van der Waals surface area (Å²) in [7, 11) is 0. The zero-order valence-corrected chi connectivity index (χ0v) is 13.2. The van der Waals surface area contributed by atoms with E-state index in [1.54, 1.807) is 4.44 Å². The molecule has 0 fully saturated rings. The van der Waals surface area contributed by atoms with Crippen molar-refractivity contribution >= 4 is 16.3 Å². The van der Waals surface area contributed by atoms with Crippen LogP contribution in [0.5, 0.6) is 0 Å². The SMILES string of the molecule is [AlH2]\[C]1=C/C=C/C=C\C=C\CCCCCCCC1. The molecule has 17 heavy (non-hydrogen) atoms. The molecule has 0 atom stereocenters. The Bertz CT molecular complexity index is 295. The molecule has 0 nitrogen and oxygen atoms in total. The van der Waals surface area contributed by atoms with Crippen LogP contribution in [0.15, 0.2) is 47.0 Å². The molecule has 0 saturated carbocycles. The highest BCUT2D eigenvalue weighted by Gasteiger charge is 1.92. The van der Waals surface area contributed by atoms with Crippen molar-refractivity contribution in [2.24, 2.45) is 0 Å². The van der Waals surface area contributed by atoms with Gasteiger partial charge in [0, 0.05) is 0 Å². The molecule has 0 aliphatic heterocycles. The van der Waals surface area contributed by atoms with E-state index in [9.17, 15) is 0 Å². The first-order valence-corrected chi connectivity index (χ1v) is 8.05. The highest BCUT2D eigenvalue weighted by atomic mass is 27.0. The quantitative estimate of drug-likeness (QED) is 0.557. The number of allylic oxidation sites excluding steroid dienone is 8. The van der Waals surface area contributed by atoms with E-state index < -0.39 is 0 Å². The number of hydrogen-bond donors (Lipinski definition) is 0. The van der Waals surface area contributed by atoms with E-state index in [4.69, 9.17) is 0 Å². The van der Waals surface area contributed by atoms with Crippen molar-refractivity contribution in [3.63, 3.8) is 0 Å². The Balaban J connectivity index is 2.42. The number of hydrogen-bond acceptors (Lipinski definition) is 0. The molecular weight excluding hydrogens is 219 g/mol. The van der Waals surface area contributed by atoms with Crippen molar-refractivity contribution in [2.75, 3.05) is 0 Å². The minimum atomic E-state index is 1.21. The van der Waals surface area contributed by atoms with Gasteiger partial charge in [-0.15, -0.1) is 4.44 Å². The third-order valence-electron chi connectivity index (χ3n) is 3.15. The van der Waals surface area contributed by atoms with Crippen molar-refractivity contribution in [2.45, 2.75) is 51.4 Å². The van der Waals surface area contributed by atoms with E-state index in [1.165, 1.54) is 67.7 Å². The van der Waals surface area contributed by atoms with Crippen LogP contribution in [-0.2, 0) is 0 Å². The maximum atomic E-state index is 2.30. The van der Waals surface area contributed by atoms with Gasteiger partial charge in [-0.05, 0) is 19.3 Å². The third-order valence-corrected chi connectivity index (χ3v) is 3.99. The summed E-state index contributed by atoms with van der Waals surface area (Å²) in [5.41, 5.74) is 0. The van der Waals surface area contributed by atoms with Gasteiger partial charge >= 0.3 is 0 Å². The Labute approximate surface area is 115 Å². The smallest absolute Gasteiger partial charge is 0.141 e. The third kappa shape index (κ3) is 9.22. The summed E-state index contributed by atoms with van der Waals surface area (Å²) >= 11 is 1.21. The molecule has 0 aromatic carbocycles. The van der Waals surface area contributed by atoms with E-state index in [1.807, 2.05) is 0 Å². The van der Waals surface area contributed by atoms with E-state index in [-0.39, 0.29) is 0 Å². The Morgan fingerprint density at radius 3 is 2.24 bits per heavy atom. The maximum absolute atomic E-state index is 2.30. The van der Waals surface area contributed by atoms with Gasteiger partial charge in [0.2, 0.25) is 0 Å². The molecule has 0 heterocycles. The van der Waals surface area contributed by atoms with E-state index in [0.29, 0.717) is 0 Å². The minimum Gasteiger partial charge on any atom is -0.141 e. The summed E-state index contributed by atoms with van der Waals surface area (Å²) in [6.45, 7) is 0. The van der Waals surface area contributed by atoms with Crippen molar-refractivity contribution in [1.82, 2.24) is 0 Å². The summed E-state index contributed by atoms with van der Waals surface area (Å²) in [5.74, 6) is 0. The lowest BCUT2D eigenvalue weighted by molar-refractivity contribution is 0.599. The van der Waals surface area contributed by atoms with Crippen LogP contribution >= 0.6 is 0 Å². The molecule has 0 aromatic heterocycles. The molecule has 0 unspecified atom stereocenters. The molecule has 1 aliphatic carbocycles. The fourth-order valence-corrected chi connectivity index (χ4v) is 2.59. The Hall–Kier alpha value is -0.508. The predicted octanol–water partition coefficient (Wildman–Crippen LogP) is 4.31. The van der Waals surface area contributed by atoms with Crippen molar-refractivity contribution < 1.29 is 0 Å². The highest BCUT2D eigenvalue weighted by molar-refractivity contribution is 6.21. The molecule has 1 rings (SSSR count). The van der Waals surface area contributed by atoms with Gasteiger partial charge in [0.15, 0.2) is 0 Å². The van der Waals surface area contributed by atoms with Crippen LogP contribution in [0.4, 0.5) is 0 Å². The van der Waals surface area contributed by atoms with Crippen molar-refractivity contribution in [3.8, 4) is 0 Å². The molecular formula is C16H25Al. The van der Waals surface area contributed by atoms with Crippen molar-refractivity contribution in [3.05, 3.63) is 47.0 Å². The van der Waals surface area contributed by atoms with Gasteiger partial charge in [0.05, 0.1) is 0 Å². The van der Waals surface area contributed by atoms with Crippen LogP contribution in [0, 0.1) is 0 Å².